The molecule has 0 unspecified atom stereocenters. The molecule has 0 radical (unpaired) electrons. The molecule has 0 bridgehead atoms. The molecule has 2 rings (SSSR count). The minimum Gasteiger partial charge on any atom is -0.459 e. The number of unbranched alkanes of at least 4 members (excludes halogenated alkanes) is 2. The van der Waals surface area contributed by atoms with Crippen molar-refractivity contribution in [1.29, 1.82) is 0 Å². The van der Waals surface area contributed by atoms with Gasteiger partial charge in [-0.25, -0.2) is 0 Å². The van der Waals surface area contributed by atoms with Gasteiger partial charge in [0.1, 0.15) is 5.60 Å². The van der Waals surface area contributed by atoms with Crippen LogP contribution in [0.4, 0.5) is 0 Å². The Labute approximate surface area is 143 Å². The first-order valence-electron chi connectivity index (χ1n) is 10.4. The number of carbonyl (C=O) groups is 1. The van der Waals surface area contributed by atoms with Gasteiger partial charge in [-0.2, -0.15) is 0 Å². The lowest BCUT2D eigenvalue weighted by molar-refractivity contribution is -0.171. The van der Waals surface area contributed by atoms with E-state index in [-0.39, 0.29) is 17.5 Å². The predicted molar refractivity (Wildman–Crippen MR) is 96.4 cm³/mol. The van der Waals surface area contributed by atoms with Gasteiger partial charge in [0.25, 0.3) is 0 Å². The lowest BCUT2D eigenvalue weighted by atomic mass is 9.79. The summed E-state index contributed by atoms with van der Waals surface area (Å²) in [4.78, 5) is 12.7. The van der Waals surface area contributed by atoms with E-state index in [1.54, 1.807) is 0 Å². The number of carbonyl (C=O) groups excluding carboxylic acids is 1. The summed E-state index contributed by atoms with van der Waals surface area (Å²) in [6.07, 6.45) is 18.2. The van der Waals surface area contributed by atoms with Gasteiger partial charge in [0.2, 0.25) is 0 Å². The van der Waals surface area contributed by atoms with E-state index in [1.807, 2.05) is 0 Å². The Bertz CT molecular complexity index is 330. The summed E-state index contributed by atoms with van der Waals surface area (Å²) in [6, 6.07) is 0. The summed E-state index contributed by atoms with van der Waals surface area (Å²) < 4.78 is 6.15. The number of hydrogen-bond donors (Lipinski definition) is 0. The van der Waals surface area contributed by atoms with Crippen LogP contribution in [0, 0.1) is 11.8 Å². The van der Waals surface area contributed by atoms with Crippen molar-refractivity contribution in [2.24, 2.45) is 11.8 Å². The van der Waals surface area contributed by atoms with E-state index in [2.05, 4.69) is 13.8 Å². The molecule has 0 aromatic carbocycles. The molecule has 2 aliphatic rings. The summed E-state index contributed by atoms with van der Waals surface area (Å²) in [5.74, 6) is 1.19. The van der Waals surface area contributed by atoms with E-state index in [9.17, 15) is 4.79 Å². The highest BCUT2D eigenvalue weighted by Crippen LogP contribution is 2.38. The molecule has 0 N–H and O–H groups in total. The van der Waals surface area contributed by atoms with Gasteiger partial charge in [-0.3, -0.25) is 4.79 Å². The number of hydrogen-bond acceptors (Lipinski definition) is 2. The van der Waals surface area contributed by atoms with Crippen molar-refractivity contribution in [3.05, 3.63) is 0 Å². The Kier molecular flexibility index (Phi) is 7.92. The van der Waals surface area contributed by atoms with Gasteiger partial charge in [0, 0.05) is 0 Å². The van der Waals surface area contributed by atoms with E-state index in [1.165, 1.54) is 57.8 Å². The summed E-state index contributed by atoms with van der Waals surface area (Å²) in [6.45, 7) is 4.48. The van der Waals surface area contributed by atoms with Crippen LogP contribution in [0.1, 0.15) is 110 Å². The highest BCUT2D eigenvalue weighted by Gasteiger charge is 2.37. The highest BCUT2D eigenvalue weighted by molar-refractivity contribution is 5.73. The van der Waals surface area contributed by atoms with Gasteiger partial charge in [0.15, 0.2) is 0 Å². The average molecular weight is 323 g/mol. The summed E-state index contributed by atoms with van der Waals surface area (Å²) >= 11 is 0. The fraction of sp³-hybridized carbons (Fsp3) is 0.952. The van der Waals surface area contributed by atoms with Crippen molar-refractivity contribution in [1.82, 2.24) is 0 Å². The molecular weight excluding hydrogens is 284 g/mol. The molecule has 0 heterocycles. The predicted octanol–water partition coefficient (Wildman–Crippen LogP) is 6.42. The monoisotopic (exact) mass is 322 g/mol. The lowest BCUT2D eigenvalue weighted by Gasteiger charge is -2.38. The molecule has 0 spiro atoms. The lowest BCUT2D eigenvalue weighted by Crippen LogP contribution is -2.39. The van der Waals surface area contributed by atoms with Gasteiger partial charge in [-0.15, -0.1) is 0 Å². The molecule has 2 heteroatoms. The molecule has 0 aromatic rings. The topological polar surface area (TPSA) is 26.3 Å². The fourth-order valence-electron chi connectivity index (χ4n) is 4.72. The van der Waals surface area contributed by atoms with Gasteiger partial charge >= 0.3 is 5.97 Å². The maximum absolute atomic E-state index is 12.7. The van der Waals surface area contributed by atoms with E-state index in [0.29, 0.717) is 0 Å². The first kappa shape index (κ1) is 18.8. The third kappa shape index (κ3) is 5.80. The number of esters is 1. The van der Waals surface area contributed by atoms with Crippen molar-refractivity contribution >= 4 is 5.97 Å². The average Bonchev–Trinajstić information content (AvgIpc) is 2.56. The van der Waals surface area contributed by atoms with Crippen molar-refractivity contribution in [2.45, 2.75) is 116 Å². The van der Waals surface area contributed by atoms with Crippen LogP contribution in [0.15, 0.2) is 0 Å². The van der Waals surface area contributed by atoms with Crippen LogP contribution in [-0.2, 0) is 9.53 Å². The van der Waals surface area contributed by atoms with Crippen LogP contribution in [-0.4, -0.2) is 11.6 Å². The van der Waals surface area contributed by atoms with Crippen molar-refractivity contribution in [3.8, 4) is 0 Å². The third-order valence-electron chi connectivity index (χ3n) is 6.18. The maximum atomic E-state index is 12.7. The molecule has 0 atom stereocenters. The smallest absolute Gasteiger partial charge is 0.309 e. The van der Waals surface area contributed by atoms with Crippen LogP contribution < -0.4 is 0 Å². The zero-order valence-corrected chi connectivity index (χ0v) is 15.6. The molecule has 23 heavy (non-hydrogen) atoms. The minimum atomic E-state index is -0.109. The quantitative estimate of drug-likeness (QED) is 0.381. The van der Waals surface area contributed by atoms with Crippen LogP contribution in [0.3, 0.4) is 0 Å². The second-order valence-corrected chi connectivity index (χ2v) is 8.13. The standard InChI is InChI=1S/C21H38O2/c1-3-5-7-10-18-11-13-19(14-12-18)20(22)23-21(15-4-2)16-8-6-9-17-21/h18-19H,3-17H2,1-2H3. The summed E-state index contributed by atoms with van der Waals surface area (Å²) in [5.41, 5.74) is -0.109. The molecule has 2 nitrogen and oxygen atoms in total. The first-order valence-corrected chi connectivity index (χ1v) is 10.4. The van der Waals surface area contributed by atoms with Gasteiger partial charge in [-0.1, -0.05) is 52.4 Å². The van der Waals surface area contributed by atoms with E-state index < -0.39 is 0 Å². The molecule has 2 fully saturated rings. The largest absolute Gasteiger partial charge is 0.459 e. The van der Waals surface area contributed by atoms with Crippen LogP contribution in [0.25, 0.3) is 0 Å². The zero-order valence-electron chi connectivity index (χ0n) is 15.6. The molecule has 2 aliphatic carbocycles. The van der Waals surface area contributed by atoms with Crippen LogP contribution in [0.5, 0.6) is 0 Å². The fourth-order valence-corrected chi connectivity index (χ4v) is 4.72. The summed E-state index contributed by atoms with van der Waals surface area (Å²) in [5, 5.41) is 0. The van der Waals surface area contributed by atoms with Crippen molar-refractivity contribution in [2.75, 3.05) is 0 Å². The Morgan fingerprint density at radius 1 is 0.957 bits per heavy atom. The van der Waals surface area contributed by atoms with Crippen LogP contribution in [0.2, 0.25) is 0 Å². The Morgan fingerprint density at radius 2 is 1.65 bits per heavy atom. The van der Waals surface area contributed by atoms with Gasteiger partial charge < -0.3 is 4.74 Å². The third-order valence-corrected chi connectivity index (χ3v) is 6.18. The normalized spacial score (nSPS) is 27.6. The molecule has 0 aromatic heterocycles. The van der Waals surface area contributed by atoms with Crippen molar-refractivity contribution < 1.29 is 9.53 Å². The zero-order chi connectivity index (χ0) is 16.5. The molecule has 0 saturated heterocycles. The molecule has 0 aliphatic heterocycles. The summed E-state index contributed by atoms with van der Waals surface area (Å²) in [7, 11) is 0. The Morgan fingerprint density at radius 3 is 2.26 bits per heavy atom. The molecule has 0 amide bonds. The first-order chi connectivity index (χ1) is 11.2. The second-order valence-electron chi connectivity index (χ2n) is 8.13. The maximum Gasteiger partial charge on any atom is 0.309 e. The van der Waals surface area contributed by atoms with E-state index in [4.69, 9.17) is 4.74 Å². The van der Waals surface area contributed by atoms with Crippen molar-refractivity contribution in [3.63, 3.8) is 0 Å². The van der Waals surface area contributed by atoms with E-state index >= 15 is 0 Å². The molecule has 2 saturated carbocycles. The Hall–Kier alpha value is -0.530. The number of rotatable bonds is 8. The highest BCUT2D eigenvalue weighted by atomic mass is 16.6. The van der Waals surface area contributed by atoms with Gasteiger partial charge in [0.05, 0.1) is 5.92 Å². The number of ether oxygens (including phenoxy) is 1. The van der Waals surface area contributed by atoms with Gasteiger partial charge in [-0.05, 0) is 63.7 Å². The molecular formula is C21H38O2. The van der Waals surface area contributed by atoms with Crippen LogP contribution >= 0.6 is 0 Å². The van der Waals surface area contributed by atoms with E-state index in [0.717, 1.165) is 44.4 Å². The minimum absolute atomic E-state index is 0.109. The molecule has 134 valence electrons. The Balaban J connectivity index is 1.77. The SMILES string of the molecule is CCCCCC1CCC(C(=O)OC2(CCC)CCCCC2)CC1. The second kappa shape index (κ2) is 9.69.